The smallest absolute Gasteiger partial charge is 0.374 e. The Bertz CT molecular complexity index is 1030. The zero-order chi connectivity index (χ0) is 24.6. The maximum absolute atomic E-state index is 13.6. The highest BCUT2D eigenvalue weighted by atomic mass is 19.4. The van der Waals surface area contributed by atoms with Crippen molar-refractivity contribution < 1.29 is 41.0 Å². The van der Waals surface area contributed by atoms with E-state index in [2.05, 4.69) is 4.98 Å². The van der Waals surface area contributed by atoms with Gasteiger partial charge in [-0.15, -0.1) is 0 Å². The summed E-state index contributed by atoms with van der Waals surface area (Å²) in [6.45, 7) is -0.461. The number of piperazine rings is 1. The minimum Gasteiger partial charge on any atom is -0.374 e. The maximum Gasteiger partial charge on any atom is 0.425 e. The third kappa shape index (κ3) is 4.97. The molecular weight excluding hydrogens is 458 g/mol. The van der Waals surface area contributed by atoms with E-state index in [-0.39, 0.29) is 31.7 Å². The number of imidazole rings is 1. The number of benzene rings is 1. The van der Waals surface area contributed by atoms with Crippen molar-refractivity contribution in [1.29, 1.82) is 0 Å². The summed E-state index contributed by atoms with van der Waals surface area (Å²) < 4.78 is 80.5. The third-order valence-corrected chi connectivity index (χ3v) is 5.42. The first-order valence-electron chi connectivity index (χ1n) is 9.75. The van der Waals surface area contributed by atoms with Gasteiger partial charge in [-0.25, -0.2) is 4.98 Å². The Labute approximate surface area is 184 Å². The fourth-order valence-corrected chi connectivity index (χ4v) is 3.57. The van der Waals surface area contributed by atoms with Gasteiger partial charge in [0.05, 0.1) is 12.0 Å². The fraction of sp³-hybridized carbons (Fsp3) is 0.450. The summed E-state index contributed by atoms with van der Waals surface area (Å²) in [5.41, 5.74) is -4.68. The zero-order valence-corrected chi connectivity index (χ0v) is 17.3. The molecule has 2 amide bonds. The van der Waals surface area contributed by atoms with E-state index >= 15 is 0 Å². The molecule has 0 radical (unpaired) electrons. The highest BCUT2D eigenvalue weighted by Gasteiger charge is 2.59. The number of hydrogen-bond acceptors (Lipinski definition) is 4. The molecule has 1 saturated heterocycles. The van der Waals surface area contributed by atoms with Crippen molar-refractivity contribution >= 4 is 11.8 Å². The van der Waals surface area contributed by atoms with Crippen molar-refractivity contribution in [2.24, 2.45) is 7.05 Å². The molecule has 2 aromatic rings. The van der Waals surface area contributed by atoms with E-state index in [9.17, 15) is 41.0 Å². The van der Waals surface area contributed by atoms with E-state index in [1.807, 2.05) is 0 Å². The first kappa shape index (κ1) is 24.6. The maximum atomic E-state index is 13.6. The van der Waals surface area contributed by atoms with Crippen LogP contribution in [0.3, 0.4) is 0 Å². The van der Waals surface area contributed by atoms with Crippen LogP contribution in [-0.4, -0.2) is 68.6 Å². The molecule has 1 fully saturated rings. The van der Waals surface area contributed by atoms with Crippen molar-refractivity contribution in [1.82, 2.24) is 19.4 Å². The average molecular weight is 478 g/mol. The second-order valence-corrected chi connectivity index (χ2v) is 7.65. The lowest BCUT2D eigenvalue weighted by Crippen LogP contribution is -2.53. The van der Waals surface area contributed by atoms with Gasteiger partial charge in [0.25, 0.3) is 5.91 Å². The van der Waals surface area contributed by atoms with Crippen LogP contribution in [0.15, 0.2) is 36.7 Å². The Morgan fingerprint density at radius 1 is 1.03 bits per heavy atom. The standard InChI is InChI=1S/C20H20F6N4O3/c1-28-6-5-27-17(28)18(33,20(24,25)26)12-15(31)29-7-9-30(10-8-29)16(32)13-3-2-4-14(11-13)19(21,22)23/h2-6,11,33H,7-10,12H2,1H3. The summed E-state index contributed by atoms with van der Waals surface area (Å²) in [6.07, 6.45) is -8.83. The second-order valence-electron chi connectivity index (χ2n) is 7.65. The molecule has 1 unspecified atom stereocenters. The van der Waals surface area contributed by atoms with E-state index < -0.39 is 47.6 Å². The number of hydrogen-bond donors (Lipinski definition) is 1. The van der Waals surface area contributed by atoms with Gasteiger partial charge < -0.3 is 19.5 Å². The first-order chi connectivity index (χ1) is 15.2. The van der Waals surface area contributed by atoms with Crippen LogP contribution in [0.25, 0.3) is 0 Å². The summed E-state index contributed by atoms with van der Waals surface area (Å²) >= 11 is 0. The van der Waals surface area contributed by atoms with Gasteiger partial charge in [-0.05, 0) is 18.2 Å². The van der Waals surface area contributed by atoms with Gasteiger partial charge >= 0.3 is 12.4 Å². The molecule has 0 spiro atoms. The van der Waals surface area contributed by atoms with Crippen LogP contribution in [0.2, 0.25) is 0 Å². The summed E-state index contributed by atoms with van der Waals surface area (Å²) in [5.74, 6) is -2.42. The molecule has 1 N–H and O–H groups in total. The summed E-state index contributed by atoms with van der Waals surface area (Å²) in [5, 5.41) is 10.4. The molecule has 33 heavy (non-hydrogen) atoms. The molecule has 1 aromatic carbocycles. The van der Waals surface area contributed by atoms with Crippen LogP contribution >= 0.6 is 0 Å². The number of aliphatic hydroxyl groups is 1. The number of aromatic nitrogens is 2. The number of aryl methyl sites for hydroxylation is 1. The van der Waals surface area contributed by atoms with E-state index in [0.29, 0.717) is 0 Å². The van der Waals surface area contributed by atoms with Crippen molar-refractivity contribution in [3.05, 3.63) is 53.6 Å². The molecule has 180 valence electrons. The Morgan fingerprint density at radius 3 is 2.15 bits per heavy atom. The molecule has 3 rings (SSSR count). The molecule has 0 saturated carbocycles. The minimum absolute atomic E-state index is 0.0896. The molecule has 13 heteroatoms. The number of rotatable bonds is 4. The topological polar surface area (TPSA) is 78.7 Å². The van der Waals surface area contributed by atoms with Crippen molar-refractivity contribution in [2.75, 3.05) is 26.2 Å². The summed E-state index contributed by atoms with van der Waals surface area (Å²) in [7, 11) is 1.25. The van der Waals surface area contributed by atoms with E-state index in [1.54, 1.807) is 0 Å². The fourth-order valence-electron chi connectivity index (χ4n) is 3.57. The zero-order valence-electron chi connectivity index (χ0n) is 17.3. The van der Waals surface area contributed by atoms with Crippen LogP contribution in [0.1, 0.15) is 28.2 Å². The van der Waals surface area contributed by atoms with Crippen LogP contribution in [0.4, 0.5) is 26.3 Å². The number of halogens is 6. The van der Waals surface area contributed by atoms with Crippen LogP contribution < -0.4 is 0 Å². The lowest BCUT2D eigenvalue weighted by Gasteiger charge is -2.37. The van der Waals surface area contributed by atoms with E-state index in [0.717, 1.165) is 33.9 Å². The van der Waals surface area contributed by atoms with Gasteiger partial charge in [0.2, 0.25) is 11.5 Å². The van der Waals surface area contributed by atoms with Gasteiger partial charge in [-0.1, -0.05) is 6.07 Å². The molecule has 1 aliphatic heterocycles. The number of carbonyl (C=O) groups is 2. The normalized spacial score (nSPS) is 17.1. The lowest BCUT2D eigenvalue weighted by atomic mass is 9.96. The van der Waals surface area contributed by atoms with Crippen molar-refractivity contribution in [3.8, 4) is 0 Å². The number of carbonyl (C=O) groups excluding carboxylic acids is 2. The minimum atomic E-state index is -5.18. The van der Waals surface area contributed by atoms with Gasteiger partial charge in [0.1, 0.15) is 0 Å². The van der Waals surface area contributed by atoms with Crippen LogP contribution in [0, 0.1) is 0 Å². The van der Waals surface area contributed by atoms with Crippen molar-refractivity contribution in [3.63, 3.8) is 0 Å². The van der Waals surface area contributed by atoms with Crippen LogP contribution in [-0.2, 0) is 23.6 Å². The Balaban J connectivity index is 1.68. The quantitative estimate of drug-likeness (QED) is 0.686. The molecule has 7 nitrogen and oxygen atoms in total. The average Bonchev–Trinajstić information content (AvgIpc) is 3.18. The Hall–Kier alpha value is -3.09. The largest absolute Gasteiger partial charge is 0.425 e. The predicted molar refractivity (Wildman–Crippen MR) is 102 cm³/mol. The number of amides is 2. The summed E-state index contributed by atoms with van der Waals surface area (Å²) in [6, 6.07) is 3.88. The first-order valence-corrected chi connectivity index (χ1v) is 9.75. The number of alkyl halides is 6. The SMILES string of the molecule is Cn1ccnc1C(O)(CC(=O)N1CCN(C(=O)c2cccc(C(F)(F)F)c2)CC1)C(F)(F)F. The molecule has 0 aliphatic carbocycles. The lowest BCUT2D eigenvalue weighted by molar-refractivity contribution is -0.272. The summed E-state index contributed by atoms with van der Waals surface area (Å²) in [4.78, 5) is 30.9. The Morgan fingerprint density at radius 2 is 1.64 bits per heavy atom. The van der Waals surface area contributed by atoms with Crippen LogP contribution in [0.5, 0.6) is 0 Å². The van der Waals surface area contributed by atoms with Gasteiger partial charge in [-0.3, -0.25) is 9.59 Å². The molecule has 1 atom stereocenters. The molecule has 2 heterocycles. The monoisotopic (exact) mass is 478 g/mol. The van der Waals surface area contributed by atoms with Crippen molar-refractivity contribution in [2.45, 2.75) is 24.4 Å². The highest BCUT2D eigenvalue weighted by molar-refractivity contribution is 5.94. The van der Waals surface area contributed by atoms with E-state index in [1.165, 1.54) is 24.2 Å². The van der Waals surface area contributed by atoms with Gasteiger partial charge in [-0.2, -0.15) is 26.3 Å². The van der Waals surface area contributed by atoms with Gasteiger partial charge in [0, 0.05) is 51.2 Å². The molecule has 1 aromatic heterocycles. The highest BCUT2D eigenvalue weighted by Crippen LogP contribution is 2.41. The Kier molecular flexibility index (Phi) is 6.46. The predicted octanol–water partition coefficient (Wildman–Crippen LogP) is 2.56. The molecule has 0 bridgehead atoms. The van der Waals surface area contributed by atoms with Gasteiger partial charge in [0.15, 0.2) is 5.82 Å². The third-order valence-electron chi connectivity index (χ3n) is 5.42. The van der Waals surface area contributed by atoms with E-state index in [4.69, 9.17) is 0 Å². The number of nitrogens with zero attached hydrogens (tertiary/aromatic N) is 4. The molecular formula is C20H20F6N4O3. The second kappa shape index (κ2) is 8.69. The molecule has 1 aliphatic rings.